The molecule has 0 amide bonds. The van der Waals surface area contributed by atoms with E-state index in [1.54, 1.807) is 6.92 Å². The van der Waals surface area contributed by atoms with Gasteiger partial charge in [0.1, 0.15) is 5.82 Å². The van der Waals surface area contributed by atoms with Crippen LogP contribution in [-0.2, 0) is 0 Å². The molecule has 1 aliphatic rings. The van der Waals surface area contributed by atoms with Crippen molar-refractivity contribution in [3.05, 3.63) is 34.5 Å². The van der Waals surface area contributed by atoms with Crippen molar-refractivity contribution in [2.75, 3.05) is 12.1 Å². The number of halogens is 3. The highest BCUT2D eigenvalue weighted by Crippen LogP contribution is 2.25. The van der Waals surface area contributed by atoms with Gasteiger partial charge in [-0.3, -0.25) is 4.99 Å². The van der Waals surface area contributed by atoms with Crippen LogP contribution in [0.4, 0.5) is 14.6 Å². The third kappa shape index (κ3) is 2.11. The molecule has 0 aromatic carbocycles. The molecule has 0 radical (unpaired) electrons. The first-order chi connectivity index (χ1) is 8.54. The van der Waals surface area contributed by atoms with Crippen LogP contribution in [0.5, 0.6) is 0 Å². The highest BCUT2D eigenvalue weighted by atomic mass is 35.5. The van der Waals surface area contributed by atoms with Crippen LogP contribution in [0.1, 0.15) is 6.92 Å². The summed E-state index contributed by atoms with van der Waals surface area (Å²) in [5.74, 6) is -1.33. The summed E-state index contributed by atoms with van der Waals surface area (Å²) >= 11 is 5.88. The first-order valence-corrected chi connectivity index (χ1v) is 5.41. The van der Waals surface area contributed by atoms with Crippen LogP contribution in [0.3, 0.4) is 0 Å². The molecule has 94 valence electrons. The van der Waals surface area contributed by atoms with Crippen molar-refractivity contribution < 1.29 is 8.78 Å². The van der Waals surface area contributed by atoms with Crippen LogP contribution in [0.15, 0.2) is 33.0 Å². The van der Waals surface area contributed by atoms with Gasteiger partial charge in [0.25, 0.3) is 0 Å². The molecule has 2 heterocycles. The Bertz CT molecular complexity index is 576. The number of nitrogens with zero attached hydrogens (tertiary/aromatic N) is 4. The van der Waals surface area contributed by atoms with Gasteiger partial charge in [-0.05, 0) is 6.92 Å². The molecule has 0 bridgehead atoms. The van der Waals surface area contributed by atoms with E-state index >= 15 is 0 Å². The van der Waals surface area contributed by atoms with Crippen LogP contribution >= 0.6 is 11.6 Å². The number of pyridine rings is 1. The lowest BCUT2D eigenvalue weighted by Crippen LogP contribution is -2.24. The molecule has 0 aliphatic carbocycles. The summed E-state index contributed by atoms with van der Waals surface area (Å²) in [6.07, 6.45) is 2.37. The number of amidine groups is 1. The molecule has 0 unspecified atom stereocenters. The van der Waals surface area contributed by atoms with Crippen LogP contribution in [0.25, 0.3) is 0 Å². The molecule has 0 atom stereocenters. The fraction of sp³-hybridized carbons (Fsp3) is 0.182. The Kier molecular flexibility index (Phi) is 3.38. The molecule has 0 fully saturated rings. The topological polar surface area (TPSA) is 40.9 Å². The van der Waals surface area contributed by atoms with E-state index < -0.39 is 11.6 Å². The zero-order chi connectivity index (χ0) is 13.3. The highest BCUT2D eigenvalue weighted by molar-refractivity contribution is 6.37. The number of hydrazone groups is 1. The lowest BCUT2D eigenvalue weighted by molar-refractivity contribution is 0.573. The molecule has 0 N–H and O–H groups in total. The van der Waals surface area contributed by atoms with Crippen LogP contribution in [0, 0.1) is 11.6 Å². The van der Waals surface area contributed by atoms with Gasteiger partial charge in [-0.2, -0.15) is 10.1 Å². The van der Waals surface area contributed by atoms with E-state index in [1.807, 2.05) is 0 Å². The van der Waals surface area contributed by atoms with Crippen molar-refractivity contribution in [1.82, 2.24) is 4.98 Å². The minimum atomic E-state index is -0.818. The van der Waals surface area contributed by atoms with Gasteiger partial charge in [0, 0.05) is 18.1 Å². The maximum absolute atomic E-state index is 13.6. The summed E-state index contributed by atoms with van der Waals surface area (Å²) in [4.78, 5) is 7.65. The molecular formula is C11H9ClF2N4. The summed E-state index contributed by atoms with van der Waals surface area (Å²) in [6, 6.07) is 0.737. The molecule has 18 heavy (non-hydrogen) atoms. The first kappa shape index (κ1) is 12.6. The summed E-state index contributed by atoms with van der Waals surface area (Å²) in [6.45, 7) is 1.67. The molecule has 0 spiro atoms. The van der Waals surface area contributed by atoms with Gasteiger partial charge in [-0.15, -0.1) is 0 Å². The fourth-order valence-electron chi connectivity index (χ4n) is 1.52. The van der Waals surface area contributed by atoms with Crippen molar-refractivity contribution >= 4 is 29.5 Å². The Balaban J connectivity index is 2.48. The summed E-state index contributed by atoms with van der Waals surface area (Å²) < 4.78 is 26.4. The number of aliphatic imine (C=N–C) groups is 1. The zero-order valence-electron chi connectivity index (χ0n) is 9.65. The Hall–Kier alpha value is -1.82. The number of allylic oxidation sites excluding steroid dienone is 1. The molecule has 1 aliphatic heterocycles. The minimum absolute atomic E-state index is 0.124. The summed E-state index contributed by atoms with van der Waals surface area (Å²) in [5.41, 5.74) is 0.574. The molecule has 2 rings (SSSR count). The van der Waals surface area contributed by atoms with Gasteiger partial charge in [0.05, 0.1) is 18.0 Å². The molecule has 1 aromatic heterocycles. The van der Waals surface area contributed by atoms with Gasteiger partial charge in [-0.1, -0.05) is 11.6 Å². The Labute approximate surface area is 107 Å². The van der Waals surface area contributed by atoms with Crippen molar-refractivity contribution in [2.45, 2.75) is 6.92 Å². The minimum Gasteiger partial charge on any atom is -0.269 e. The van der Waals surface area contributed by atoms with Gasteiger partial charge < -0.3 is 0 Å². The Morgan fingerprint density at radius 2 is 2.17 bits per heavy atom. The number of rotatable bonds is 1. The van der Waals surface area contributed by atoms with E-state index in [4.69, 9.17) is 11.6 Å². The maximum Gasteiger partial charge on any atom is 0.192 e. The summed E-state index contributed by atoms with van der Waals surface area (Å²) in [5, 5.41) is 5.61. The zero-order valence-corrected chi connectivity index (χ0v) is 10.4. The molecule has 1 aromatic rings. The smallest absolute Gasteiger partial charge is 0.192 e. The van der Waals surface area contributed by atoms with E-state index in [0.29, 0.717) is 16.4 Å². The Morgan fingerprint density at radius 3 is 2.72 bits per heavy atom. The molecular weight excluding hydrogens is 262 g/mol. The number of anilines is 1. The second-order valence-corrected chi connectivity index (χ2v) is 4.08. The lowest BCUT2D eigenvalue weighted by Gasteiger charge is -2.14. The molecule has 4 nitrogen and oxygen atoms in total. The van der Waals surface area contributed by atoms with Crippen LogP contribution in [0.2, 0.25) is 0 Å². The number of aromatic nitrogens is 1. The van der Waals surface area contributed by atoms with E-state index in [0.717, 1.165) is 12.3 Å². The van der Waals surface area contributed by atoms with Gasteiger partial charge in [0.2, 0.25) is 0 Å². The maximum atomic E-state index is 13.6. The second-order valence-electron chi connectivity index (χ2n) is 3.51. The predicted octanol–water partition coefficient (Wildman–Crippen LogP) is 2.71. The summed E-state index contributed by atoms with van der Waals surface area (Å²) in [7, 11) is 1.53. The lowest BCUT2D eigenvalue weighted by atomic mass is 10.2. The van der Waals surface area contributed by atoms with E-state index in [9.17, 15) is 8.78 Å². The predicted molar refractivity (Wildman–Crippen MR) is 67.0 cm³/mol. The monoisotopic (exact) mass is 270 g/mol. The molecule has 0 saturated heterocycles. The molecule has 0 saturated carbocycles. The quantitative estimate of drug-likeness (QED) is 0.787. The Morgan fingerprint density at radius 1 is 1.44 bits per heavy atom. The normalized spacial score (nSPS) is 19.8. The van der Waals surface area contributed by atoms with Crippen LogP contribution < -0.4 is 5.01 Å². The van der Waals surface area contributed by atoms with Crippen LogP contribution in [-0.4, -0.2) is 24.1 Å². The van der Waals surface area contributed by atoms with E-state index in [-0.39, 0.29) is 5.82 Å². The third-order valence-corrected chi connectivity index (χ3v) is 2.52. The van der Waals surface area contributed by atoms with Gasteiger partial charge in [0.15, 0.2) is 17.5 Å². The largest absolute Gasteiger partial charge is 0.269 e. The SMILES string of the molecule is C/N=C1\C(=C(/C)Cl)C=NN1c1ncc(F)cc1F. The third-order valence-electron chi connectivity index (χ3n) is 2.32. The average Bonchev–Trinajstić information content (AvgIpc) is 2.72. The number of hydrogen-bond acceptors (Lipinski definition) is 3. The van der Waals surface area contributed by atoms with Crippen molar-refractivity contribution in [1.29, 1.82) is 0 Å². The van der Waals surface area contributed by atoms with Gasteiger partial charge in [-0.25, -0.2) is 13.8 Å². The number of hydrogen-bond donors (Lipinski definition) is 0. The first-order valence-electron chi connectivity index (χ1n) is 5.03. The van der Waals surface area contributed by atoms with E-state index in [2.05, 4.69) is 15.1 Å². The van der Waals surface area contributed by atoms with Crippen molar-refractivity contribution in [2.24, 2.45) is 10.1 Å². The standard InChI is InChI=1S/C11H9ClF2N4/c1-6(12)8-5-17-18(10(8)15-2)11-9(14)3-7(13)4-16-11/h3-5H,1-2H3/b8-6+,15-10+. The van der Waals surface area contributed by atoms with E-state index in [1.165, 1.54) is 18.3 Å². The molecule has 7 heteroatoms. The fourth-order valence-corrected chi connectivity index (χ4v) is 1.65. The van der Waals surface area contributed by atoms with Crippen molar-refractivity contribution in [3.63, 3.8) is 0 Å². The average molecular weight is 271 g/mol. The highest BCUT2D eigenvalue weighted by Gasteiger charge is 2.26. The second kappa shape index (κ2) is 4.81. The van der Waals surface area contributed by atoms with Gasteiger partial charge >= 0.3 is 0 Å². The van der Waals surface area contributed by atoms with Crippen molar-refractivity contribution in [3.8, 4) is 0 Å².